The predicted octanol–water partition coefficient (Wildman–Crippen LogP) is 13.4. The first-order chi connectivity index (χ1) is 26.1. The molecule has 0 spiro atoms. The fourth-order valence-electron chi connectivity index (χ4n) is 8.74. The Hall–Kier alpha value is -6.64. The summed E-state index contributed by atoms with van der Waals surface area (Å²) in [7, 11) is 0. The highest BCUT2D eigenvalue weighted by molar-refractivity contribution is 6.07. The van der Waals surface area contributed by atoms with Gasteiger partial charge in [0.15, 0.2) is 5.82 Å². The molecule has 1 heterocycles. The van der Waals surface area contributed by atoms with Gasteiger partial charge in [-0.3, -0.25) is 0 Å². The van der Waals surface area contributed by atoms with Crippen molar-refractivity contribution in [2.45, 2.75) is 19.3 Å². The minimum Gasteiger partial charge on any atom is -0.228 e. The van der Waals surface area contributed by atoms with Crippen LogP contribution >= 0.6 is 0 Å². The Balaban J connectivity index is 1.18. The summed E-state index contributed by atoms with van der Waals surface area (Å²) < 4.78 is 0. The lowest BCUT2D eigenvalue weighted by Gasteiger charge is -2.26. The monoisotopic (exact) mass is 676 g/mol. The highest BCUT2D eigenvalue weighted by Gasteiger charge is 2.39. The van der Waals surface area contributed by atoms with E-state index in [0.29, 0.717) is 5.82 Å². The number of nitrogens with zero attached hydrogens (tertiary/aromatic N) is 2. The van der Waals surface area contributed by atoms with E-state index in [0.717, 1.165) is 44.6 Å². The smallest absolute Gasteiger partial charge is 0.161 e. The van der Waals surface area contributed by atoms with Gasteiger partial charge in [0.1, 0.15) is 0 Å². The Morgan fingerprint density at radius 2 is 0.849 bits per heavy atom. The Morgan fingerprint density at radius 3 is 1.60 bits per heavy atom. The molecule has 0 fully saturated rings. The molecule has 0 bridgehead atoms. The van der Waals surface area contributed by atoms with Crippen LogP contribution in [0.5, 0.6) is 0 Å². The molecule has 2 heteroatoms. The highest BCUT2D eigenvalue weighted by atomic mass is 14.9. The van der Waals surface area contributed by atoms with Crippen molar-refractivity contribution in [3.8, 4) is 67.3 Å². The zero-order chi connectivity index (χ0) is 35.5. The third kappa shape index (κ3) is 5.02. The van der Waals surface area contributed by atoms with Crippen molar-refractivity contribution in [2.75, 3.05) is 0 Å². The molecular weight excluding hydrogens is 641 g/mol. The zero-order valence-corrected chi connectivity index (χ0v) is 29.7. The van der Waals surface area contributed by atoms with E-state index >= 15 is 0 Å². The number of fused-ring (bicyclic) bond motifs is 6. The molecule has 0 amide bonds. The molecule has 0 saturated heterocycles. The van der Waals surface area contributed by atoms with E-state index in [1.54, 1.807) is 0 Å². The first kappa shape index (κ1) is 31.1. The molecule has 0 unspecified atom stereocenters. The second-order valence-electron chi connectivity index (χ2n) is 14.5. The Kier molecular flexibility index (Phi) is 7.19. The van der Waals surface area contributed by atoms with Crippen LogP contribution in [-0.4, -0.2) is 9.97 Å². The molecule has 53 heavy (non-hydrogen) atoms. The minimum atomic E-state index is -0.184. The van der Waals surface area contributed by atoms with E-state index in [1.165, 1.54) is 49.5 Å². The third-order valence-electron chi connectivity index (χ3n) is 11.1. The average Bonchev–Trinajstić information content (AvgIpc) is 3.47. The van der Waals surface area contributed by atoms with Crippen molar-refractivity contribution in [3.63, 3.8) is 0 Å². The van der Waals surface area contributed by atoms with Gasteiger partial charge in [-0.05, 0) is 78.2 Å². The van der Waals surface area contributed by atoms with Crippen LogP contribution in [-0.2, 0) is 5.41 Å². The lowest BCUT2D eigenvalue weighted by atomic mass is 9.77. The van der Waals surface area contributed by atoms with Crippen LogP contribution in [0.1, 0.15) is 25.0 Å². The van der Waals surface area contributed by atoms with Crippen LogP contribution in [0.15, 0.2) is 182 Å². The van der Waals surface area contributed by atoms with E-state index in [-0.39, 0.29) is 5.41 Å². The van der Waals surface area contributed by atoms with E-state index in [4.69, 9.17) is 9.97 Å². The van der Waals surface area contributed by atoms with Gasteiger partial charge in [-0.15, -0.1) is 0 Å². The van der Waals surface area contributed by atoms with Gasteiger partial charge in [0.25, 0.3) is 0 Å². The zero-order valence-electron chi connectivity index (χ0n) is 29.7. The van der Waals surface area contributed by atoms with E-state index < -0.39 is 0 Å². The Bertz CT molecular complexity index is 2850. The summed E-state index contributed by atoms with van der Waals surface area (Å²) in [6, 6.07) is 65.2. The Labute approximate surface area is 310 Å². The lowest BCUT2D eigenvalue weighted by molar-refractivity contribution is 0.668. The van der Waals surface area contributed by atoms with Gasteiger partial charge in [-0.25, -0.2) is 9.97 Å². The molecule has 10 rings (SSSR count). The second kappa shape index (κ2) is 12.3. The molecule has 1 aromatic heterocycles. The molecular formula is C51H36N2. The molecule has 0 N–H and O–H groups in total. The lowest BCUT2D eigenvalue weighted by Crippen LogP contribution is -2.17. The van der Waals surface area contributed by atoms with Crippen molar-refractivity contribution >= 4 is 21.5 Å². The molecule has 0 atom stereocenters. The molecule has 1 aliphatic carbocycles. The van der Waals surface area contributed by atoms with Crippen LogP contribution in [0.25, 0.3) is 88.8 Å². The van der Waals surface area contributed by atoms with Crippen molar-refractivity contribution in [2.24, 2.45) is 0 Å². The van der Waals surface area contributed by atoms with Crippen molar-refractivity contribution in [1.29, 1.82) is 0 Å². The predicted molar refractivity (Wildman–Crippen MR) is 222 cm³/mol. The minimum absolute atomic E-state index is 0.184. The number of aromatic nitrogens is 2. The van der Waals surface area contributed by atoms with Gasteiger partial charge in [0.2, 0.25) is 0 Å². The summed E-state index contributed by atoms with van der Waals surface area (Å²) in [5, 5.41) is 4.94. The molecule has 9 aromatic rings. The second-order valence-corrected chi connectivity index (χ2v) is 14.5. The van der Waals surface area contributed by atoms with Crippen LogP contribution in [0.2, 0.25) is 0 Å². The van der Waals surface area contributed by atoms with Crippen LogP contribution in [0.4, 0.5) is 0 Å². The standard InChI is InChI=1S/C51H36N2/c1-51(2)48-37-22-10-9-18-34(37)28-29-44(48)43-27-15-26-42(49(43)51)40-30-31-45(39-24-13-12-23-38(39)40)50-52-46(35-19-7-4-8-20-35)32-47(53-50)41-25-14-11-21-36(41)33-16-5-3-6-17-33/h3-32H,1-2H3. The molecule has 8 aromatic carbocycles. The topological polar surface area (TPSA) is 25.8 Å². The van der Waals surface area contributed by atoms with Gasteiger partial charge >= 0.3 is 0 Å². The van der Waals surface area contributed by atoms with Gasteiger partial charge < -0.3 is 0 Å². The molecule has 2 nitrogen and oxygen atoms in total. The van der Waals surface area contributed by atoms with Gasteiger partial charge in [0.05, 0.1) is 11.4 Å². The molecule has 0 saturated carbocycles. The van der Waals surface area contributed by atoms with Crippen LogP contribution in [0.3, 0.4) is 0 Å². The maximum absolute atomic E-state index is 5.36. The van der Waals surface area contributed by atoms with E-state index in [9.17, 15) is 0 Å². The quantitative estimate of drug-likeness (QED) is 0.181. The number of hydrogen-bond donors (Lipinski definition) is 0. The summed E-state index contributed by atoms with van der Waals surface area (Å²) in [5.41, 5.74) is 15.0. The molecule has 0 aliphatic heterocycles. The summed E-state index contributed by atoms with van der Waals surface area (Å²) in [6.45, 7) is 4.78. The molecule has 1 aliphatic rings. The number of hydrogen-bond acceptors (Lipinski definition) is 2. The van der Waals surface area contributed by atoms with Crippen LogP contribution < -0.4 is 0 Å². The van der Waals surface area contributed by atoms with Gasteiger partial charge in [-0.2, -0.15) is 0 Å². The average molecular weight is 677 g/mol. The fraction of sp³-hybridized carbons (Fsp3) is 0.0588. The maximum atomic E-state index is 5.36. The van der Waals surface area contributed by atoms with Crippen molar-refractivity contribution < 1.29 is 0 Å². The normalized spacial score (nSPS) is 12.9. The SMILES string of the molecule is CC1(C)c2c(cccc2-c2ccc(-c3nc(-c4ccccc4)cc(-c4ccccc4-c4ccccc4)n3)c3ccccc23)-c2ccc3ccccc3c21. The van der Waals surface area contributed by atoms with Gasteiger partial charge in [-0.1, -0.05) is 184 Å². The van der Waals surface area contributed by atoms with Crippen molar-refractivity contribution in [1.82, 2.24) is 9.97 Å². The summed E-state index contributed by atoms with van der Waals surface area (Å²) in [5.74, 6) is 0.712. The van der Waals surface area contributed by atoms with Gasteiger partial charge in [0, 0.05) is 22.1 Å². The van der Waals surface area contributed by atoms with E-state index in [2.05, 4.69) is 190 Å². The molecule has 0 radical (unpaired) electrons. The van der Waals surface area contributed by atoms with Crippen molar-refractivity contribution in [3.05, 3.63) is 193 Å². The number of benzene rings is 8. The third-order valence-corrected chi connectivity index (χ3v) is 11.1. The van der Waals surface area contributed by atoms with E-state index in [1.807, 2.05) is 6.07 Å². The summed E-state index contributed by atoms with van der Waals surface area (Å²) in [4.78, 5) is 10.6. The first-order valence-corrected chi connectivity index (χ1v) is 18.3. The number of rotatable bonds is 5. The fourth-order valence-corrected chi connectivity index (χ4v) is 8.74. The largest absolute Gasteiger partial charge is 0.228 e. The Morgan fingerprint density at radius 1 is 0.340 bits per heavy atom. The highest BCUT2D eigenvalue weighted by Crippen LogP contribution is 2.55. The maximum Gasteiger partial charge on any atom is 0.161 e. The van der Waals surface area contributed by atoms with Crippen LogP contribution in [0, 0.1) is 0 Å². The summed E-state index contributed by atoms with van der Waals surface area (Å²) >= 11 is 0. The summed E-state index contributed by atoms with van der Waals surface area (Å²) in [6.07, 6.45) is 0. The first-order valence-electron chi connectivity index (χ1n) is 18.3. The molecule has 250 valence electrons.